The maximum atomic E-state index is 6.83. The van der Waals surface area contributed by atoms with Gasteiger partial charge in [-0.3, -0.25) is 0 Å². The molecule has 0 aliphatic heterocycles. The molecule has 0 aliphatic rings. The number of hydrogen-bond acceptors (Lipinski definition) is 3. The van der Waals surface area contributed by atoms with Crippen molar-refractivity contribution in [2.45, 2.75) is 0 Å². The standard InChI is InChI=1S/C2H4N4/c1-6-2-3-4-5-6/h2H,1H3/i2T. The van der Waals surface area contributed by atoms with Crippen LogP contribution in [0.3, 0.4) is 0 Å². The van der Waals surface area contributed by atoms with Crippen LogP contribution in [0.25, 0.3) is 0 Å². The van der Waals surface area contributed by atoms with Gasteiger partial charge in [0.25, 0.3) is 0 Å². The molecular formula is C2H4N4. The molecule has 0 unspecified atom stereocenters. The minimum Gasteiger partial charge on any atom is -0.236 e. The second-order valence-corrected chi connectivity index (χ2v) is 0.902. The lowest BCUT2D eigenvalue weighted by atomic mass is 11.2. The first-order valence-electron chi connectivity index (χ1n) is 1.99. The van der Waals surface area contributed by atoms with Gasteiger partial charge in [0.2, 0.25) is 0 Å². The quantitative estimate of drug-likeness (QED) is 0.415. The van der Waals surface area contributed by atoms with Crippen molar-refractivity contribution in [3.8, 4) is 0 Å². The first kappa shape index (κ1) is 2.28. The van der Waals surface area contributed by atoms with E-state index >= 15 is 0 Å². The Morgan fingerprint density at radius 2 is 2.83 bits per heavy atom. The zero-order valence-corrected chi connectivity index (χ0v) is 3.29. The average molecular weight is 86.1 g/mol. The Morgan fingerprint density at radius 3 is 3.00 bits per heavy atom. The summed E-state index contributed by atoms with van der Waals surface area (Å²) in [6, 6.07) is 0. The van der Waals surface area contributed by atoms with Crippen molar-refractivity contribution in [1.29, 1.82) is 0 Å². The van der Waals surface area contributed by atoms with Gasteiger partial charge in [0.15, 0.2) is 0 Å². The van der Waals surface area contributed by atoms with E-state index in [0.717, 1.165) is 0 Å². The number of tetrazole rings is 1. The molecule has 6 heavy (non-hydrogen) atoms. The Labute approximate surface area is 36.2 Å². The summed E-state index contributed by atoms with van der Waals surface area (Å²) in [6.07, 6.45) is 0.0833. The van der Waals surface area contributed by atoms with E-state index < -0.39 is 0 Å². The first-order valence-corrected chi connectivity index (χ1v) is 1.49. The molecule has 0 amide bonds. The molecule has 0 radical (unpaired) electrons. The molecule has 0 saturated heterocycles. The zero-order valence-electron chi connectivity index (χ0n) is 4.29. The van der Waals surface area contributed by atoms with Gasteiger partial charge in [-0.05, 0) is 10.4 Å². The summed E-state index contributed by atoms with van der Waals surface area (Å²) in [5.41, 5.74) is 0. The van der Waals surface area contributed by atoms with Crippen molar-refractivity contribution < 1.29 is 1.37 Å². The third kappa shape index (κ3) is 0.357. The number of nitrogens with zero attached hydrogens (tertiary/aromatic N) is 4. The van der Waals surface area contributed by atoms with E-state index in [1.165, 1.54) is 4.68 Å². The van der Waals surface area contributed by atoms with Crippen molar-refractivity contribution in [2.75, 3.05) is 0 Å². The Balaban J connectivity index is 3.12. The molecule has 0 aliphatic carbocycles. The molecule has 0 bridgehead atoms. The monoisotopic (exact) mass is 86.1 g/mol. The minimum absolute atomic E-state index is 0.0833. The van der Waals surface area contributed by atoms with E-state index in [-0.39, 0.29) is 6.30 Å². The highest BCUT2D eigenvalue weighted by molar-refractivity contribution is 4.35. The van der Waals surface area contributed by atoms with E-state index in [1.54, 1.807) is 7.05 Å². The van der Waals surface area contributed by atoms with Crippen molar-refractivity contribution in [2.24, 2.45) is 7.05 Å². The van der Waals surface area contributed by atoms with Gasteiger partial charge in [-0.15, -0.1) is 5.10 Å². The second-order valence-electron chi connectivity index (χ2n) is 0.902. The Morgan fingerprint density at radius 1 is 2.00 bits per heavy atom. The van der Waals surface area contributed by atoms with Crippen LogP contribution in [0.2, 0.25) is 0 Å². The topological polar surface area (TPSA) is 43.6 Å². The molecule has 4 nitrogen and oxygen atoms in total. The number of aromatic nitrogens is 4. The van der Waals surface area contributed by atoms with E-state index in [0.29, 0.717) is 0 Å². The highest BCUT2D eigenvalue weighted by Crippen LogP contribution is 1.58. The maximum absolute atomic E-state index is 6.83. The lowest BCUT2D eigenvalue weighted by molar-refractivity contribution is 0.710. The molecule has 0 atom stereocenters. The van der Waals surface area contributed by atoms with Gasteiger partial charge >= 0.3 is 0 Å². The molecule has 0 spiro atoms. The van der Waals surface area contributed by atoms with Crippen molar-refractivity contribution in [3.05, 3.63) is 6.30 Å². The van der Waals surface area contributed by atoms with Crippen LogP contribution in [0, 0.1) is 0 Å². The SMILES string of the molecule is [3H]c1nnnn1C. The summed E-state index contributed by atoms with van der Waals surface area (Å²) in [6.45, 7) is 0. The molecule has 0 N–H and O–H groups in total. The molecule has 1 aromatic heterocycles. The fraction of sp³-hybridized carbons (Fsp3) is 0.500. The molecule has 0 aromatic carbocycles. The van der Waals surface area contributed by atoms with Crippen LogP contribution in [0.15, 0.2) is 6.30 Å². The predicted octanol–water partition coefficient (Wildman–Crippen LogP) is -0.790. The number of hydrogen-bond donors (Lipinski definition) is 0. The number of aryl methyl sites for hydroxylation is 1. The third-order valence-corrected chi connectivity index (χ3v) is 0.408. The first-order chi connectivity index (χ1) is 3.30. The molecule has 0 fully saturated rings. The van der Waals surface area contributed by atoms with Crippen LogP contribution >= 0.6 is 0 Å². The van der Waals surface area contributed by atoms with Crippen LogP contribution in [0.4, 0.5) is 0 Å². The summed E-state index contributed by atoms with van der Waals surface area (Å²) >= 11 is 0. The molecule has 0 saturated carbocycles. The fourth-order valence-corrected chi connectivity index (χ4v) is 0.185. The smallest absolute Gasteiger partial charge is 0.137 e. The van der Waals surface area contributed by atoms with Gasteiger partial charge in [-0.1, -0.05) is 0 Å². The summed E-state index contributed by atoms with van der Waals surface area (Å²) in [5, 5.41) is 9.87. The number of rotatable bonds is 0. The van der Waals surface area contributed by atoms with Crippen molar-refractivity contribution in [1.82, 2.24) is 20.2 Å². The van der Waals surface area contributed by atoms with E-state index in [2.05, 4.69) is 15.5 Å². The Bertz CT molecular complexity index is 142. The molecule has 32 valence electrons. The van der Waals surface area contributed by atoms with Gasteiger partial charge in [0.1, 0.15) is 7.67 Å². The molecule has 1 heterocycles. The lowest BCUT2D eigenvalue weighted by Crippen LogP contribution is -1.85. The largest absolute Gasteiger partial charge is 0.236 e. The highest BCUT2D eigenvalue weighted by Gasteiger charge is 1.72. The Hall–Kier alpha value is -0.930. The maximum Gasteiger partial charge on any atom is 0.137 e. The van der Waals surface area contributed by atoms with Gasteiger partial charge in [-0.2, -0.15) is 0 Å². The van der Waals surface area contributed by atoms with E-state index in [1.807, 2.05) is 0 Å². The van der Waals surface area contributed by atoms with Crippen molar-refractivity contribution >= 4 is 0 Å². The van der Waals surface area contributed by atoms with Crippen molar-refractivity contribution in [3.63, 3.8) is 0 Å². The average Bonchev–Trinajstić information content (AvgIpc) is 1.91. The predicted molar refractivity (Wildman–Crippen MR) is 18.8 cm³/mol. The normalized spacial score (nSPS) is 11.2. The van der Waals surface area contributed by atoms with E-state index in [4.69, 9.17) is 1.37 Å². The second kappa shape index (κ2) is 1.04. The van der Waals surface area contributed by atoms with Crippen LogP contribution in [0.5, 0.6) is 0 Å². The fourth-order valence-electron chi connectivity index (χ4n) is 0.185. The molecular weight excluding hydrogens is 80.0 g/mol. The van der Waals surface area contributed by atoms with Crippen LogP contribution < -0.4 is 0 Å². The highest BCUT2D eigenvalue weighted by atomic mass is 15.5. The van der Waals surface area contributed by atoms with Gasteiger partial charge < -0.3 is 0 Å². The van der Waals surface area contributed by atoms with Gasteiger partial charge in [-0.25, -0.2) is 4.68 Å². The van der Waals surface area contributed by atoms with E-state index in [9.17, 15) is 0 Å². The lowest BCUT2D eigenvalue weighted by Gasteiger charge is -1.71. The summed E-state index contributed by atoms with van der Waals surface area (Å²) in [5.74, 6) is 0. The Kier molecular flexibility index (Phi) is 0.396. The van der Waals surface area contributed by atoms with Gasteiger partial charge in [0, 0.05) is 7.05 Å². The molecule has 1 rings (SSSR count). The minimum atomic E-state index is 0.0833. The van der Waals surface area contributed by atoms with Crippen LogP contribution in [0.1, 0.15) is 1.37 Å². The molecule has 4 heteroatoms. The third-order valence-electron chi connectivity index (χ3n) is 0.408. The van der Waals surface area contributed by atoms with Gasteiger partial charge in [0.05, 0.1) is 0 Å². The summed E-state index contributed by atoms with van der Waals surface area (Å²) in [7, 11) is 1.61. The summed E-state index contributed by atoms with van der Waals surface area (Å²) < 4.78 is 8.10. The molecule has 1 aromatic rings. The summed E-state index contributed by atoms with van der Waals surface area (Å²) in [4.78, 5) is 0. The zero-order chi connectivity index (χ0) is 5.28. The van der Waals surface area contributed by atoms with Crippen LogP contribution in [-0.2, 0) is 7.05 Å². The van der Waals surface area contributed by atoms with Crippen LogP contribution in [-0.4, -0.2) is 20.2 Å².